The highest BCUT2D eigenvalue weighted by molar-refractivity contribution is 9.10. The fraction of sp³-hybridized carbons (Fsp3) is 0.133. The summed E-state index contributed by atoms with van der Waals surface area (Å²) in [5, 5.41) is 7.44. The smallest absolute Gasteiger partial charge is 0.146 e. The molecule has 0 heterocycles. The first kappa shape index (κ1) is 14.5. The van der Waals surface area contributed by atoms with Gasteiger partial charge >= 0.3 is 0 Å². The molecule has 0 amide bonds. The minimum absolute atomic E-state index is 0.00573. The molecule has 0 aliphatic carbocycles. The second kappa shape index (κ2) is 6.05. The molecule has 2 rings (SSSR count). The highest BCUT2D eigenvalue weighted by atomic mass is 79.9. The second-order valence-electron chi connectivity index (χ2n) is 4.28. The maximum absolute atomic E-state index is 13.9. The SMILES string of the molecule is CCN(c1ccccc1F)c1ccc(C(=N)N)cc1Br. The van der Waals surface area contributed by atoms with Crippen molar-refractivity contribution in [3.05, 3.63) is 58.3 Å². The summed E-state index contributed by atoms with van der Waals surface area (Å²) in [5.74, 6) is -0.261. The number of nitrogens with two attached hydrogens (primary N) is 1. The second-order valence-corrected chi connectivity index (χ2v) is 5.13. The van der Waals surface area contributed by atoms with E-state index < -0.39 is 0 Å². The Kier molecular flexibility index (Phi) is 4.39. The molecule has 0 radical (unpaired) electrons. The van der Waals surface area contributed by atoms with Crippen LogP contribution in [-0.4, -0.2) is 12.4 Å². The fourth-order valence-electron chi connectivity index (χ4n) is 2.03. The molecule has 0 aromatic heterocycles. The lowest BCUT2D eigenvalue weighted by molar-refractivity contribution is 0.625. The van der Waals surface area contributed by atoms with Crippen LogP contribution in [0.1, 0.15) is 12.5 Å². The van der Waals surface area contributed by atoms with Gasteiger partial charge in [-0.3, -0.25) is 5.41 Å². The van der Waals surface area contributed by atoms with E-state index in [2.05, 4.69) is 15.9 Å². The van der Waals surface area contributed by atoms with Gasteiger partial charge in [-0.1, -0.05) is 12.1 Å². The minimum atomic E-state index is -0.267. The number of nitrogens with one attached hydrogen (secondary N) is 1. The first-order valence-electron chi connectivity index (χ1n) is 6.20. The number of hydrogen-bond donors (Lipinski definition) is 2. The van der Waals surface area contributed by atoms with Crippen LogP contribution in [0.25, 0.3) is 0 Å². The number of nitrogens with zero attached hydrogens (tertiary/aromatic N) is 1. The van der Waals surface area contributed by atoms with E-state index in [9.17, 15) is 4.39 Å². The monoisotopic (exact) mass is 335 g/mol. The number of nitrogen functional groups attached to an aromatic ring is 1. The standard InChI is InChI=1S/C15H15BrFN3/c1-2-20(14-6-4-3-5-12(14)17)13-8-7-10(15(18)19)9-11(13)16/h3-9H,2H2,1H3,(H3,18,19). The van der Waals surface area contributed by atoms with E-state index in [-0.39, 0.29) is 11.7 Å². The van der Waals surface area contributed by atoms with Gasteiger partial charge in [0.1, 0.15) is 11.7 Å². The van der Waals surface area contributed by atoms with E-state index in [4.69, 9.17) is 11.1 Å². The third-order valence-electron chi connectivity index (χ3n) is 3.01. The van der Waals surface area contributed by atoms with Crippen molar-refractivity contribution < 1.29 is 4.39 Å². The van der Waals surface area contributed by atoms with Crippen molar-refractivity contribution in [2.24, 2.45) is 5.73 Å². The Bertz CT molecular complexity index is 643. The minimum Gasteiger partial charge on any atom is -0.384 e. The first-order valence-corrected chi connectivity index (χ1v) is 7.00. The summed E-state index contributed by atoms with van der Waals surface area (Å²) in [7, 11) is 0. The molecule has 0 atom stereocenters. The van der Waals surface area contributed by atoms with Gasteiger partial charge in [0, 0.05) is 16.6 Å². The van der Waals surface area contributed by atoms with Crippen LogP contribution in [0.4, 0.5) is 15.8 Å². The largest absolute Gasteiger partial charge is 0.384 e. The van der Waals surface area contributed by atoms with Gasteiger partial charge in [0.25, 0.3) is 0 Å². The molecule has 5 heteroatoms. The molecular weight excluding hydrogens is 321 g/mol. The summed E-state index contributed by atoms with van der Waals surface area (Å²) in [4.78, 5) is 1.86. The Labute approximate surface area is 125 Å². The van der Waals surface area contributed by atoms with Crippen molar-refractivity contribution in [3.63, 3.8) is 0 Å². The van der Waals surface area contributed by atoms with Crippen molar-refractivity contribution in [1.82, 2.24) is 0 Å². The normalized spacial score (nSPS) is 10.3. The quantitative estimate of drug-likeness (QED) is 0.654. The molecule has 104 valence electrons. The zero-order chi connectivity index (χ0) is 14.7. The van der Waals surface area contributed by atoms with E-state index in [1.165, 1.54) is 6.07 Å². The molecular formula is C15H15BrFN3. The van der Waals surface area contributed by atoms with Crippen molar-refractivity contribution in [2.45, 2.75) is 6.92 Å². The van der Waals surface area contributed by atoms with Gasteiger partial charge in [-0.2, -0.15) is 0 Å². The maximum Gasteiger partial charge on any atom is 0.146 e. The molecule has 0 fully saturated rings. The predicted octanol–water partition coefficient (Wildman–Crippen LogP) is 4.03. The van der Waals surface area contributed by atoms with Crippen LogP contribution in [0.2, 0.25) is 0 Å². The van der Waals surface area contributed by atoms with Crippen molar-refractivity contribution in [3.8, 4) is 0 Å². The lowest BCUT2D eigenvalue weighted by atomic mass is 10.1. The summed E-state index contributed by atoms with van der Waals surface area (Å²) < 4.78 is 14.7. The number of benzene rings is 2. The van der Waals surface area contributed by atoms with E-state index in [1.807, 2.05) is 17.9 Å². The van der Waals surface area contributed by atoms with Gasteiger partial charge in [0.05, 0.1) is 11.4 Å². The van der Waals surface area contributed by atoms with Crippen molar-refractivity contribution in [1.29, 1.82) is 5.41 Å². The number of anilines is 2. The van der Waals surface area contributed by atoms with Crippen LogP contribution < -0.4 is 10.6 Å². The Morgan fingerprint density at radius 3 is 2.50 bits per heavy atom. The zero-order valence-corrected chi connectivity index (χ0v) is 12.6. The summed E-state index contributed by atoms with van der Waals surface area (Å²) in [6, 6.07) is 12.0. The Balaban J connectivity index is 2.48. The topological polar surface area (TPSA) is 53.1 Å². The lowest BCUT2D eigenvalue weighted by Gasteiger charge is -2.25. The number of para-hydroxylation sites is 1. The third kappa shape index (κ3) is 2.82. The van der Waals surface area contributed by atoms with Gasteiger partial charge in [0.15, 0.2) is 0 Å². The Morgan fingerprint density at radius 2 is 1.95 bits per heavy atom. The molecule has 0 spiro atoms. The molecule has 20 heavy (non-hydrogen) atoms. The van der Waals surface area contributed by atoms with E-state index in [0.717, 1.165) is 10.2 Å². The van der Waals surface area contributed by atoms with Gasteiger partial charge in [-0.15, -0.1) is 0 Å². The van der Waals surface area contributed by atoms with Crippen molar-refractivity contribution in [2.75, 3.05) is 11.4 Å². The maximum atomic E-state index is 13.9. The highest BCUT2D eigenvalue weighted by Gasteiger charge is 2.14. The third-order valence-corrected chi connectivity index (χ3v) is 3.64. The van der Waals surface area contributed by atoms with Gasteiger partial charge in [0.2, 0.25) is 0 Å². The average molecular weight is 336 g/mol. The van der Waals surface area contributed by atoms with Gasteiger partial charge in [-0.25, -0.2) is 4.39 Å². The van der Waals surface area contributed by atoms with E-state index in [1.54, 1.807) is 30.3 Å². The summed E-state index contributed by atoms with van der Waals surface area (Å²) in [5.41, 5.74) is 7.45. The van der Waals surface area contributed by atoms with Crippen LogP contribution in [0.3, 0.4) is 0 Å². The number of hydrogen-bond acceptors (Lipinski definition) is 2. The lowest BCUT2D eigenvalue weighted by Crippen LogP contribution is -2.18. The molecule has 2 aromatic rings. The van der Waals surface area contributed by atoms with Crippen LogP contribution in [0.15, 0.2) is 46.9 Å². The fourth-order valence-corrected chi connectivity index (χ4v) is 2.63. The average Bonchev–Trinajstić information content (AvgIpc) is 2.43. The molecule has 0 aliphatic heterocycles. The molecule has 0 unspecified atom stereocenters. The molecule has 0 aliphatic rings. The summed E-state index contributed by atoms with van der Waals surface area (Å²) in [6.07, 6.45) is 0. The summed E-state index contributed by atoms with van der Waals surface area (Å²) in [6.45, 7) is 2.58. The van der Waals surface area contributed by atoms with Crippen LogP contribution in [0.5, 0.6) is 0 Å². The number of amidine groups is 1. The van der Waals surface area contributed by atoms with Crippen LogP contribution in [0, 0.1) is 11.2 Å². The van der Waals surface area contributed by atoms with E-state index >= 15 is 0 Å². The van der Waals surface area contributed by atoms with E-state index in [0.29, 0.717) is 17.8 Å². The zero-order valence-electron chi connectivity index (χ0n) is 11.0. The summed E-state index contributed by atoms with van der Waals surface area (Å²) >= 11 is 3.46. The Hall–Kier alpha value is -1.88. The number of halogens is 2. The molecule has 0 saturated heterocycles. The van der Waals surface area contributed by atoms with Gasteiger partial charge in [-0.05, 0) is 53.2 Å². The predicted molar refractivity (Wildman–Crippen MR) is 84.2 cm³/mol. The molecule has 0 bridgehead atoms. The number of rotatable bonds is 4. The molecule has 2 aromatic carbocycles. The molecule has 3 nitrogen and oxygen atoms in total. The molecule has 0 saturated carbocycles. The highest BCUT2D eigenvalue weighted by Crippen LogP contribution is 2.33. The molecule has 3 N–H and O–H groups in total. The van der Waals surface area contributed by atoms with Crippen LogP contribution >= 0.6 is 15.9 Å². The van der Waals surface area contributed by atoms with Gasteiger partial charge < -0.3 is 10.6 Å². The van der Waals surface area contributed by atoms with Crippen molar-refractivity contribution >= 4 is 33.1 Å². The Morgan fingerprint density at radius 1 is 1.25 bits per heavy atom. The first-order chi connectivity index (χ1) is 9.54. The van der Waals surface area contributed by atoms with Crippen LogP contribution in [-0.2, 0) is 0 Å².